The molecule has 0 aliphatic rings. The molecular formula is C28H33Cl2N3O5S. The van der Waals surface area contributed by atoms with E-state index in [1.54, 1.807) is 55.8 Å². The molecule has 0 atom stereocenters. The van der Waals surface area contributed by atoms with Gasteiger partial charge in [-0.05, 0) is 60.2 Å². The molecule has 0 aliphatic heterocycles. The van der Waals surface area contributed by atoms with E-state index in [-0.39, 0.29) is 12.5 Å². The lowest BCUT2D eigenvalue weighted by atomic mass is 10.1. The van der Waals surface area contributed by atoms with Crippen LogP contribution >= 0.6 is 34.5 Å². The first-order chi connectivity index (χ1) is 18.8. The summed E-state index contributed by atoms with van der Waals surface area (Å²) in [6, 6.07) is 14.1. The zero-order chi connectivity index (χ0) is 28.2. The number of nitrogens with zero attached hydrogens (tertiary/aromatic N) is 2. The molecule has 210 valence electrons. The minimum Gasteiger partial charge on any atom is -0.493 e. The topological polar surface area (TPSA) is 80.3 Å². The normalized spacial score (nSPS) is 10.7. The van der Waals surface area contributed by atoms with Crippen molar-refractivity contribution in [2.75, 3.05) is 52.9 Å². The summed E-state index contributed by atoms with van der Waals surface area (Å²) in [5, 5.41) is 5.51. The number of halogens is 2. The second-order valence-electron chi connectivity index (χ2n) is 8.66. The van der Waals surface area contributed by atoms with Crippen molar-refractivity contribution in [2.24, 2.45) is 0 Å². The molecule has 3 amide bonds. The van der Waals surface area contributed by atoms with Gasteiger partial charge in [-0.25, -0.2) is 4.79 Å². The van der Waals surface area contributed by atoms with Crippen LogP contribution in [0.4, 0.5) is 10.5 Å². The van der Waals surface area contributed by atoms with Crippen molar-refractivity contribution in [3.05, 3.63) is 74.4 Å². The third kappa shape index (κ3) is 9.32. The van der Waals surface area contributed by atoms with Gasteiger partial charge in [-0.15, -0.1) is 11.3 Å². The second kappa shape index (κ2) is 15.6. The molecule has 0 radical (unpaired) electrons. The van der Waals surface area contributed by atoms with E-state index < -0.39 is 6.03 Å². The Balaban J connectivity index is 1.74. The summed E-state index contributed by atoms with van der Waals surface area (Å²) in [7, 11) is 4.78. The van der Waals surface area contributed by atoms with E-state index in [1.807, 2.05) is 35.7 Å². The van der Waals surface area contributed by atoms with Crippen LogP contribution in [0, 0.1) is 0 Å². The quantitative estimate of drug-likeness (QED) is 0.225. The van der Waals surface area contributed by atoms with Gasteiger partial charge in [-0.2, -0.15) is 0 Å². The van der Waals surface area contributed by atoms with Gasteiger partial charge >= 0.3 is 6.03 Å². The van der Waals surface area contributed by atoms with Crippen LogP contribution < -0.4 is 14.8 Å². The number of thiophene rings is 1. The summed E-state index contributed by atoms with van der Waals surface area (Å²) in [5.41, 5.74) is 1.49. The van der Waals surface area contributed by atoms with Gasteiger partial charge in [0.05, 0.1) is 30.8 Å². The van der Waals surface area contributed by atoms with Crippen LogP contribution in [0.5, 0.6) is 11.5 Å². The number of ether oxygens (including phenoxy) is 3. The van der Waals surface area contributed by atoms with Gasteiger partial charge in [-0.1, -0.05) is 35.3 Å². The second-order valence-corrected chi connectivity index (χ2v) is 10.5. The predicted octanol–water partition coefficient (Wildman–Crippen LogP) is 6.21. The Labute approximate surface area is 243 Å². The zero-order valence-electron chi connectivity index (χ0n) is 22.2. The maximum Gasteiger partial charge on any atom is 0.322 e. The number of carbonyl (C=O) groups excluding carboxylic acids is 2. The lowest BCUT2D eigenvalue weighted by Crippen LogP contribution is -2.45. The van der Waals surface area contributed by atoms with E-state index in [1.165, 1.54) is 4.90 Å². The molecule has 0 fully saturated rings. The summed E-state index contributed by atoms with van der Waals surface area (Å²) >= 11 is 13.7. The molecule has 3 aromatic rings. The van der Waals surface area contributed by atoms with E-state index in [0.29, 0.717) is 66.3 Å². The highest BCUT2D eigenvalue weighted by atomic mass is 35.5. The van der Waals surface area contributed by atoms with Gasteiger partial charge in [0.1, 0.15) is 6.54 Å². The third-order valence-corrected chi connectivity index (χ3v) is 7.56. The van der Waals surface area contributed by atoms with Crippen molar-refractivity contribution in [2.45, 2.75) is 19.4 Å². The van der Waals surface area contributed by atoms with E-state index >= 15 is 0 Å². The first kappa shape index (κ1) is 30.6. The largest absolute Gasteiger partial charge is 0.493 e. The van der Waals surface area contributed by atoms with E-state index in [9.17, 15) is 9.59 Å². The summed E-state index contributed by atoms with van der Waals surface area (Å²) in [4.78, 5) is 31.1. The fourth-order valence-corrected chi connectivity index (χ4v) is 4.89. The molecule has 2 aromatic carbocycles. The fourth-order valence-electron chi connectivity index (χ4n) is 3.87. The number of rotatable bonds is 14. The number of hydrogen-bond donors (Lipinski definition) is 1. The fraction of sp³-hybridized carbons (Fsp3) is 0.357. The number of methoxy groups -OCH3 is 3. The Morgan fingerprint density at radius 1 is 0.923 bits per heavy atom. The van der Waals surface area contributed by atoms with Gasteiger partial charge in [0.2, 0.25) is 5.91 Å². The molecule has 0 saturated carbocycles. The van der Waals surface area contributed by atoms with Gasteiger partial charge in [0, 0.05) is 37.4 Å². The predicted molar refractivity (Wildman–Crippen MR) is 157 cm³/mol. The van der Waals surface area contributed by atoms with E-state index in [4.69, 9.17) is 37.4 Å². The van der Waals surface area contributed by atoms with E-state index in [2.05, 4.69) is 5.32 Å². The van der Waals surface area contributed by atoms with Gasteiger partial charge in [0.25, 0.3) is 0 Å². The molecule has 0 saturated heterocycles. The van der Waals surface area contributed by atoms with Gasteiger partial charge in [0.15, 0.2) is 11.5 Å². The molecule has 0 bridgehead atoms. The SMILES string of the molecule is COCCCN(CC(=O)N(CCc1ccc(OC)c(OC)c1)Cc1cccs1)C(=O)Nc1ccc(Cl)c(Cl)c1. The number of hydrogen-bond acceptors (Lipinski definition) is 6. The monoisotopic (exact) mass is 593 g/mol. The number of anilines is 1. The Morgan fingerprint density at radius 3 is 2.38 bits per heavy atom. The first-order valence-electron chi connectivity index (χ1n) is 12.4. The Kier molecular flexibility index (Phi) is 12.2. The molecule has 1 heterocycles. The summed E-state index contributed by atoms with van der Waals surface area (Å²) in [5.74, 6) is 1.12. The highest BCUT2D eigenvalue weighted by molar-refractivity contribution is 7.09. The van der Waals surface area contributed by atoms with Gasteiger partial charge in [-0.3, -0.25) is 4.79 Å². The van der Waals surface area contributed by atoms with Crippen molar-refractivity contribution in [1.82, 2.24) is 9.80 Å². The zero-order valence-corrected chi connectivity index (χ0v) is 24.6. The average molecular weight is 595 g/mol. The van der Waals surface area contributed by atoms with Crippen LogP contribution in [-0.4, -0.2) is 69.3 Å². The lowest BCUT2D eigenvalue weighted by molar-refractivity contribution is -0.132. The van der Waals surface area contributed by atoms with Crippen LogP contribution in [-0.2, 0) is 22.5 Å². The summed E-state index contributed by atoms with van der Waals surface area (Å²) in [6.07, 6.45) is 1.19. The summed E-state index contributed by atoms with van der Waals surface area (Å²) in [6.45, 7) is 1.63. The number of carbonyl (C=O) groups is 2. The molecule has 11 heteroatoms. The first-order valence-corrected chi connectivity index (χ1v) is 14.0. The van der Waals surface area contributed by atoms with E-state index in [0.717, 1.165) is 10.4 Å². The van der Waals surface area contributed by atoms with Crippen LogP contribution in [0.15, 0.2) is 53.9 Å². The number of urea groups is 1. The van der Waals surface area contributed by atoms with Crippen LogP contribution in [0.1, 0.15) is 16.9 Å². The number of nitrogens with one attached hydrogen (secondary N) is 1. The Hall–Kier alpha value is -2.98. The summed E-state index contributed by atoms with van der Waals surface area (Å²) < 4.78 is 15.9. The number of benzene rings is 2. The standard InChI is InChI=1S/C28H33Cl2N3O5S/c1-36-14-5-12-33(28(35)31-21-8-9-23(29)24(30)17-21)19-27(34)32(18-22-6-4-15-39-22)13-11-20-7-10-25(37-2)26(16-20)38-3/h4,6-10,15-17H,5,11-14,18-19H2,1-3H3,(H,31,35). The van der Waals surface area contributed by atoms with Crippen molar-refractivity contribution in [1.29, 1.82) is 0 Å². The molecule has 0 unspecified atom stereocenters. The molecule has 1 aromatic heterocycles. The molecule has 1 N–H and O–H groups in total. The van der Waals surface area contributed by atoms with Crippen LogP contribution in [0.2, 0.25) is 10.0 Å². The molecule has 0 spiro atoms. The van der Waals surface area contributed by atoms with Crippen LogP contribution in [0.3, 0.4) is 0 Å². The maximum atomic E-state index is 13.6. The van der Waals surface area contributed by atoms with Crippen molar-refractivity contribution in [3.8, 4) is 11.5 Å². The van der Waals surface area contributed by atoms with Gasteiger partial charge < -0.3 is 29.3 Å². The molecule has 39 heavy (non-hydrogen) atoms. The number of amides is 3. The minimum atomic E-state index is -0.409. The molecule has 8 nitrogen and oxygen atoms in total. The molecule has 3 rings (SSSR count). The van der Waals surface area contributed by atoms with Crippen LogP contribution in [0.25, 0.3) is 0 Å². The van der Waals surface area contributed by atoms with Crippen molar-refractivity contribution < 1.29 is 23.8 Å². The third-order valence-electron chi connectivity index (χ3n) is 5.96. The average Bonchev–Trinajstić information content (AvgIpc) is 3.45. The maximum absolute atomic E-state index is 13.6. The smallest absolute Gasteiger partial charge is 0.322 e. The lowest BCUT2D eigenvalue weighted by Gasteiger charge is -2.28. The highest BCUT2D eigenvalue weighted by Gasteiger charge is 2.22. The van der Waals surface area contributed by atoms with Crippen molar-refractivity contribution >= 4 is 52.2 Å². The minimum absolute atomic E-state index is 0.0891. The Bertz CT molecular complexity index is 1230. The highest BCUT2D eigenvalue weighted by Crippen LogP contribution is 2.28. The Morgan fingerprint density at radius 2 is 1.72 bits per heavy atom. The van der Waals surface area contributed by atoms with Crippen molar-refractivity contribution in [3.63, 3.8) is 0 Å². The molecule has 0 aliphatic carbocycles. The molecular weight excluding hydrogens is 561 g/mol.